The molecule has 0 radical (unpaired) electrons. The zero-order chi connectivity index (χ0) is 20.8. The van der Waals surface area contributed by atoms with Crippen molar-refractivity contribution in [3.63, 3.8) is 0 Å². The van der Waals surface area contributed by atoms with E-state index in [1.165, 1.54) is 0 Å². The maximum absolute atomic E-state index is 4.88. The van der Waals surface area contributed by atoms with Crippen molar-refractivity contribution in [3.05, 3.63) is 85.1 Å². The molecule has 0 saturated carbocycles. The third-order valence-electron chi connectivity index (χ3n) is 5.17. The predicted molar refractivity (Wildman–Crippen MR) is 117 cm³/mol. The van der Waals surface area contributed by atoms with Crippen LogP contribution < -0.4 is 0 Å². The fourth-order valence-corrected chi connectivity index (χ4v) is 3.62. The van der Waals surface area contributed by atoms with Gasteiger partial charge < -0.3 is 0 Å². The summed E-state index contributed by atoms with van der Waals surface area (Å²) in [4.78, 5) is 8.71. The van der Waals surface area contributed by atoms with Crippen LogP contribution >= 0.6 is 0 Å². The fourth-order valence-electron chi connectivity index (χ4n) is 3.62. The summed E-state index contributed by atoms with van der Waals surface area (Å²) in [5.41, 5.74) is 4.43. The average molecular weight is 404 g/mol. The van der Waals surface area contributed by atoms with Crippen molar-refractivity contribution < 1.29 is 0 Å². The van der Waals surface area contributed by atoms with E-state index in [2.05, 4.69) is 25.3 Å². The van der Waals surface area contributed by atoms with Gasteiger partial charge in [0.15, 0.2) is 17.3 Å². The lowest BCUT2D eigenvalue weighted by Crippen LogP contribution is -2.05. The summed E-state index contributed by atoms with van der Waals surface area (Å²) >= 11 is 0. The molecule has 31 heavy (non-hydrogen) atoms. The first-order chi connectivity index (χ1) is 15.3. The van der Waals surface area contributed by atoms with Crippen LogP contribution in [0.25, 0.3) is 44.9 Å². The minimum atomic E-state index is 0.627. The molecule has 0 fully saturated rings. The van der Waals surface area contributed by atoms with Crippen LogP contribution in [0.1, 0.15) is 5.56 Å². The van der Waals surface area contributed by atoms with E-state index in [9.17, 15) is 0 Å². The van der Waals surface area contributed by atoms with Crippen molar-refractivity contribution in [2.45, 2.75) is 6.92 Å². The Balaban J connectivity index is 1.58. The number of benzene rings is 1. The van der Waals surface area contributed by atoms with E-state index in [1.54, 1.807) is 27.8 Å². The van der Waals surface area contributed by atoms with Crippen LogP contribution in [0.5, 0.6) is 0 Å². The molecule has 6 aromatic rings. The summed E-state index contributed by atoms with van der Waals surface area (Å²) in [5.74, 6) is 1.31. The highest BCUT2D eigenvalue weighted by molar-refractivity contribution is 5.98. The van der Waals surface area contributed by atoms with Gasteiger partial charge >= 0.3 is 0 Å². The molecule has 0 aliphatic heterocycles. The van der Waals surface area contributed by atoms with Crippen LogP contribution in [0.15, 0.2) is 79.5 Å². The first-order valence-corrected chi connectivity index (χ1v) is 9.80. The minimum Gasteiger partial charge on any atom is -0.264 e. The van der Waals surface area contributed by atoms with Crippen LogP contribution in [0.2, 0.25) is 0 Å². The van der Waals surface area contributed by atoms with Gasteiger partial charge in [-0.05, 0) is 30.7 Å². The Bertz CT molecular complexity index is 1530. The molecule has 5 aromatic heterocycles. The number of hydrogen-bond donors (Lipinski definition) is 0. The smallest absolute Gasteiger partial charge is 0.187 e. The van der Waals surface area contributed by atoms with Gasteiger partial charge in [0.05, 0.1) is 11.9 Å². The third kappa shape index (κ3) is 2.84. The summed E-state index contributed by atoms with van der Waals surface area (Å²) in [6.45, 7) is 2.02. The van der Waals surface area contributed by atoms with Crippen molar-refractivity contribution in [1.82, 2.24) is 39.6 Å². The molecule has 8 nitrogen and oxygen atoms in total. The Morgan fingerprint density at radius 2 is 1.71 bits per heavy atom. The Morgan fingerprint density at radius 3 is 2.52 bits per heavy atom. The molecule has 0 amide bonds. The van der Waals surface area contributed by atoms with Gasteiger partial charge in [0, 0.05) is 46.7 Å². The molecular weight excluding hydrogens is 388 g/mol. The van der Waals surface area contributed by atoms with Crippen LogP contribution in [-0.2, 0) is 0 Å². The Morgan fingerprint density at radius 1 is 0.806 bits per heavy atom. The van der Waals surface area contributed by atoms with Crippen molar-refractivity contribution in [3.8, 4) is 28.5 Å². The standard InChI is InChI=1S/C23H16N8/c1-15-8-9-20(25-11-15)17-13-26-30(14-17)23-19-7-3-2-6-18(19)22-28-27-21(31(22)29-23)16-5-4-10-24-12-16/h2-14H,1H3. The Kier molecular flexibility index (Phi) is 3.82. The molecule has 0 atom stereocenters. The van der Waals surface area contributed by atoms with Crippen LogP contribution in [0, 0.1) is 6.92 Å². The quantitative estimate of drug-likeness (QED) is 0.445. The SMILES string of the molecule is Cc1ccc(-c2cnn(-c3nn4c(-c5cccnc5)nnc4c4ccccc34)c2)nc1. The lowest BCUT2D eigenvalue weighted by Gasteiger charge is -2.08. The molecule has 5 heterocycles. The summed E-state index contributed by atoms with van der Waals surface area (Å²) in [5, 5.41) is 20.1. The maximum atomic E-state index is 4.88. The van der Waals surface area contributed by atoms with E-state index in [1.807, 2.05) is 67.8 Å². The lowest BCUT2D eigenvalue weighted by atomic mass is 10.2. The Labute approximate surface area is 176 Å². The molecule has 148 valence electrons. The van der Waals surface area contributed by atoms with Gasteiger partial charge in [-0.25, -0.2) is 4.68 Å². The van der Waals surface area contributed by atoms with E-state index in [4.69, 9.17) is 5.10 Å². The first kappa shape index (κ1) is 17.4. The van der Waals surface area contributed by atoms with E-state index < -0.39 is 0 Å². The lowest BCUT2D eigenvalue weighted by molar-refractivity contribution is 0.805. The number of fused-ring (bicyclic) bond motifs is 3. The minimum absolute atomic E-state index is 0.627. The maximum Gasteiger partial charge on any atom is 0.187 e. The highest BCUT2D eigenvalue weighted by atomic mass is 15.4. The average Bonchev–Trinajstić information content (AvgIpc) is 3.47. The summed E-state index contributed by atoms with van der Waals surface area (Å²) in [6.07, 6.45) is 9.07. The topological polar surface area (TPSA) is 86.7 Å². The Hall–Kier alpha value is -4.46. The molecule has 8 heteroatoms. The van der Waals surface area contributed by atoms with Crippen molar-refractivity contribution in [2.75, 3.05) is 0 Å². The summed E-state index contributed by atoms with van der Waals surface area (Å²) in [6, 6.07) is 15.8. The molecule has 0 unspecified atom stereocenters. The molecule has 0 saturated heterocycles. The molecule has 0 aliphatic carbocycles. The predicted octanol–water partition coefficient (Wildman–Crippen LogP) is 3.90. The van der Waals surface area contributed by atoms with E-state index >= 15 is 0 Å². The van der Waals surface area contributed by atoms with Gasteiger partial charge in [-0.3, -0.25) is 9.97 Å². The molecule has 0 bridgehead atoms. The molecule has 0 aliphatic rings. The zero-order valence-electron chi connectivity index (χ0n) is 16.6. The normalized spacial score (nSPS) is 11.4. The van der Waals surface area contributed by atoms with Crippen molar-refractivity contribution in [1.29, 1.82) is 0 Å². The van der Waals surface area contributed by atoms with Gasteiger partial charge in [0.2, 0.25) is 0 Å². The molecule has 0 N–H and O–H groups in total. The highest BCUT2D eigenvalue weighted by Gasteiger charge is 2.17. The second-order valence-corrected chi connectivity index (χ2v) is 7.26. The third-order valence-corrected chi connectivity index (χ3v) is 5.17. The number of hydrogen-bond acceptors (Lipinski definition) is 6. The van der Waals surface area contributed by atoms with Crippen LogP contribution in [0.3, 0.4) is 0 Å². The molecule has 0 spiro atoms. The van der Waals surface area contributed by atoms with E-state index in [0.717, 1.165) is 33.2 Å². The fraction of sp³-hybridized carbons (Fsp3) is 0.0435. The summed E-state index contributed by atoms with van der Waals surface area (Å²) in [7, 11) is 0. The summed E-state index contributed by atoms with van der Waals surface area (Å²) < 4.78 is 3.52. The van der Waals surface area contributed by atoms with E-state index in [-0.39, 0.29) is 0 Å². The van der Waals surface area contributed by atoms with E-state index in [0.29, 0.717) is 17.3 Å². The van der Waals surface area contributed by atoms with Crippen LogP contribution in [-0.4, -0.2) is 39.6 Å². The van der Waals surface area contributed by atoms with Gasteiger partial charge in [-0.15, -0.1) is 15.3 Å². The second kappa shape index (κ2) is 6.81. The number of rotatable bonds is 3. The number of pyridine rings is 2. The van der Waals surface area contributed by atoms with Crippen molar-refractivity contribution in [2.24, 2.45) is 0 Å². The van der Waals surface area contributed by atoms with Gasteiger partial charge in [-0.1, -0.05) is 30.3 Å². The van der Waals surface area contributed by atoms with Gasteiger partial charge in [0.1, 0.15) is 0 Å². The number of aryl methyl sites for hydroxylation is 1. The molecule has 1 aromatic carbocycles. The number of nitrogens with zero attached hydrogens (tertiary/aromatic N) is 8. The molecular formula is C23H16N8. The second-order valence-electron chi connectivity index (χ2n) is 7.26. The zero-order valence-corrected chi connectivity index (χ0v) is 16.6. The first-order valence-electron chi connectivity index (χ1n) is 9.80. The largest absolute Gasteiger partial charge is 0.264 e. The van der Waals surface area contributed by atoms with Gasteiger partial charge in [-0.2, -0.15) is 9.61 Å². The number of aromatic nitrogens is 8. The molecule has 6 rings (SSSR count). The van der Waals surface area contributed by atoms with Crippen molar-refractivity contribution >= 4 is 16.4 Å². The monoisotopic (exact) mass is 404 g/mol. The van der Waals surface area contributed by atoms with Crippen LogP contribution in [0.4, 0.5) is 0 Å². The highest BCUT2D eigenvalue weighted by Crippen LogP contribution is 2.27. The van der Waals surface area contributed by atoms with Gasteiger partial charge in [0.25, 0.3) is 0 Å².